The maximum atomic E-state index is 5.70. The molecule has 0 amide bonds. The number of guanidine groups is 1. The topological polar surface area (TPSA) is 64.1 Å². The normalized spacial score (nSPS) is 13.4. The van der Waals surface area contributed by atoms with Gasteiger partial charge in [0.05, 0.1) is 6.54 Å². The molecule has 0 fully saturated rings. The van der Waals surface area contributed by atoms with Gasteiger partial charge < -0.3 is 24.8 Å². The van der Waals surface area contributed by atoms with E-state index in [9.17, 15) is 0 Å². The molecule has 2 N–H and O–H groups in total. The molecule has 0 unspecified atom stereocenters. The summed E-state index contributed by atoms with van der Waals surface area (Å²) in [7, 11) is 0. The first-order valence-corrected chi connectivity index (χ1v) is 7.73. The van der Waals surface area contributed by atoms with Gasteiger partial charge in [0.25, 0.3) is 0 Å². The van der Waals surface area contributed by atoms with E-state index in [1.165, 1.54) is 0 Å². The zero-order valence-corrected chi connectivity index (χ0v) is 13.5. The van der Waals surface area contributed by atoms with Gasteiger partial charge in [-0.1, -0.05) is 13.8 Å². The van der Waals surface area contributed by atoms with Crippen molar-refractivity contribution in [2.45, 2.75) is 20.8 Å². The average molecular weight is 307 g/mol. The predicted octanol–water partition coefficient (Wildman–Crippen LogP) is 2.01. The Labute approximate surface area is 131 Å². The molecule has 1 aliphatic rings. The van der Waals surface area contributed by atoms with Gasteiger partial charge in [0.1, 0.15) is 12.4 Å². The van der Waals surface area contributed by atoms with Crippen molar-refractivity contribution >= 4 is 5.96 Å². The summed E-state index contributed by atoms with van der Waals surface area (Å²) >= 11 is 0. The fourth-order valence-corrected chi connectivity index (χ4v) is 1.92. The number of fused-ring (bicyclic) bond motifs is 1. The smallest absolute Gasteiger partial charge is 0.231 e. The van der Waals surface area contributed by atoms with Crippen LogP contribution in [-0.4, -0.2) is 39.0 Å². The number of ether oxygens (including phenoxy) is 3. The molecule has 22 heavy (non-hydrogen) atoms. The zero-order chi connectivity index (χ0) is 15.8. The summed E-state index contributed by atoms with van der Waals surface area (Å²) in [5.74, 6) is 3.64. The largest absolute Gasteiger partial charge is 0.492 e. The molecule has 2 rings (SSSR count). The molecule has 0 aliphatic carbocycles. The maximum absolute atomic E-state index is 5.70. The van der Waals surface area contributed by atoms with Gasteiger partial charge in [0.15, 0.2) is 17.5 Å². The Hall–Kier alpha value is -2.11. The van der Waals surface area contributed by atoms with Gasteiger partial charge in [-0.25, -0.2) is 0 Å². The van der Waals surface area contributed by atoms with Crippen LogP contribution < -0.4 is 24.8 Å². The van der Waals surface area contributed by atoms with E-state index >= 15 is 0 Å². The van der Waals surface area contributed by atoms with Gasteiger partial charge in [0, 0.05) is 19.2 Å². The number of rotatable bonds is 7. The minimum Gasteiger partial charge on any atom is -0.492 e. The Balaban J connectivity index is 1.74. The monoisotopic (exact) mass is 307 g/mol. The highest BCUT2D eigenvalue weighted by Crippen LogP contribution is 2.34. The molecular formula is C16H25N3O3. The minimum absolute atomic E-state index is 0.276. The highest BCUT2D eigenvalue weighted by Gasteiger charge is 2.13. The molecule has 0 spiro atoms. The number of hydrogen-bond acceptors (Lipinski definition) is 4. The van der Waals surface area contributed by atoms with Crippen LogP contribution in [0.3, 0.4) is 0 Å². The third-order valence-corrected chi connectivity index (χ3v) is 2.97. The molecule has 0 atom stereocenters. The van der Waals surface area contributed by atoms with Crippen LogP contribution in [-0.2, 0) is 0 Å². The number of hydrogen-bond donors (Lipinski definition) is 2. The standard InChI is InChI=1S/C16H25N3O3/c1-4-17-16(19-10-12(2)3)18-7-8-20-13-5-6-14-15(9-13)22-11-21-14/h5-6,9,12H,4,7-8,10-11H2,1-3H3,(H2,17,18,19). The summed E-state index contributed by atoms with van der Waals surface area (Å²) in [5, 5.41) is 6.47. The lowest BCUT2D eigenvalue weighted by atomic mass is 10.2. The summed E-state index contributed by atoms with van der Waals surface area (Å²) in [6, 6.07) is 5.59. The van der Waals surface area contributed by atoms with E-state index in [1.807, 2.05) is 18.2 Å². The van der Waals surface area contributed by atoms with E-state index in [0.29, 0.717) is 19.1 Å². The van der Waals surface area contributed by atoms with Crippen LogP contribution in [0.4, 0.5) is 0 Å². The third kappa shape index (κ3) is 5.02. The molecule has 0 saturated carbocycles. The Kier molecular flexibility index (Phi) is 6.18. The molecule has 1 aromatic carbocycles. The van der Waals surface area contributed by atoms with Crippen LogP contribution in [0.5, 0.6) is 17.2 Å². The minimum atomic E-state index is 0.276. The number of nitrogens with zero attached hydrogens (tertiary/aromatic N) is 1. The maximum Gasteiger partial charge on any atom is 0.231 e. The molecule has 6 nitrogen and oxygen atoms in total. The van der Waals surface area contributed by atoms with Crippen LogP contribution in [0, 0.1) is 5.92 Å². The van der Waals surface area contributed by atoms with Gasteiger partial charge in [-0.05, 0) is 25.0 Å². The van der Waals surface area contributed by atoms with Crippen molar-refractivity contribution in [3.63, 3.8) is 0 Å². The van der Waals surface area contributed by atoms with Gasteiger partial charge >= 0.3 is 0 Å². The van der Waals surface area contributed by atoms with Crippen LogP contribution in [0.2, 0.25) is 0 Å². The van der Waals surface area contributed by atoms with Crippen LogP contribution in [0.1, 0.15) is 20.8 Å². The van der Waals surface area contributed by atoms with E-state index < -0.39 is 0 Å². The van der Waals surface area contributed by atoms with Crippen LogP contribution in [0.15, 0.2) is 23.2 Å². The third-order valence-electron chi connectivity index (χ3n) is 2.97. The summed E-state index contributed by atoms with van der Waals surface area (Å²) in [6.07, 6.45) is 0. The van der Waals surface area contributed by atoms with Gasteiger partial charge in [-0.2, -0.15) is 0 Å². The first-order valence-electron chi connectivity index (χ1n) is 7.73. The van der Waals surface area contributed by atoms with Crippen molar-refractivity contribution in [3.05, 3.63) is 18.2 Å². The van der Waals surface area contributed by atoms with Gasteiger partial charge in [-0.3, -0.25) is 4.99 Å². The second kappa shape index (κ2) is 8.36. The van der Waals surface area contributed by atoms with E-state index in [0.717, 1.165) is 36.3 Å². The van der Waals surface area contributed by atoms with E-state index in [2.05, 4.69) is 36.4 Å². The Morgan fingerprint density at radius 2 is 2.09 bits per heavy atom. The molecule has 0 radical (unpaired) electrons. The fraction of sp³-hybridized carbons (Fsp3) is 0.562. The van der Waals surface area contributed by atoms with Crippen molar-refractivity contribution in [3.8, 4) is 17.2 Å². The molecule has 0 aromatic heterocycles. The Bertz CT molecular complexity index is 503. The van der Waals surface area contributed by atoms with Crippen LogP contribution >= 0.6 is 0 Å². The van der Waals surface area contributed by atoms with Crippen molar-refractivity contribution in [1.29, 1.82) is 0 Å². The highest BCUT2D eigenvalue weighted by atomic mass is 16.7. The van der Waals surface area contributed by atoms with E-state index in [-0.39, 0.29) is 6.79 Å². The molecule has 0 bridgehead atoms. The SMILES string of the molecule is CCNC(=NCC(C)C)NCCOc1ccc2c(c1)OCO2. The van der Waals surface area contributed by atoms with Crippen molar-refractivity contribution in [1.82, 2.24) is 10.6 Å². The number of aliphatic imine (C=N–C) groups is 1. The van der Waals surface area contributed by atoms with E-state index in [1.54, 1.807) is 0 Å². The zero-order valence-electron chi connectivity index (χ0n) is 13.5. The summed E-state index contributed by atoms with van der Waals surface area (Å²) in [4.78, 5) is 4.51. The van der Waals surface area contributed by atoms with Gasteiger partial charge in [-0.15, -0.1) is 0 Å². The Morgan fingerprint density at radius 1 is 1.27 bits per heavy atom. The quantitative estimate of drug-likeness (QED) is 0.458. The number of nitrogens with one attached hydrogen (secondary N) is 2. The second-order valence-corrected chi connectivity index (χ2v) is 5.40. The van der Waals surface area contributed by atoms with Crippen molar-refractivity contribution in [2.75, 3.05) is 33.0 Å². The van der Waals surface area contributed by atoms with Gasteiger partial charge in [0.2, 0.25) is 6.79 Å². The lowest BCUT2D eigenvalue weighted by Crippen LogP contribution is -2.39. The second-order valence-electron chi connectivity index (χ2n) is 5.40. The molecule has 1 aromatic rings. The highest BCUT2D eigenvalue weighted by molar-refractivity contribution is 5.79. The summed E-state index contributed by atoms with van der Waals surface area (Å²) in [6.45, 7) is 9.50. The first kappa shape index (κ1) is 16.3. The molecule has 0 saturated heterocycles. The number of benzene rings is 1. The molecule has 122 valence electrons. The summed E-state index contributed by atoms with van der Waals surface area (Å²) < 4.78 is 16.3. The lowest BCUT2D eigenvalue weighted by molar-refractivity contribution is 0.173. The average Bonchev–Trinajstić information content (AvgIpc) is 2.96. The fourth-order valence-electron chi connectivity index (χ4n) is 1.92. The molecule has 1 heterocycles. The summed E-state index contributed by atoms with van der Waals surface area (Å²) in [5.41, 5.74) is 0. The van der Waals surface area contributed by atoms with Crippen LogP contribution in [0.25, 0.3) is 0 Å². The Morgan fingerprint density at radius 3 is 2.86 bits per heavy atom. The lowest BCUT2D eigenvalue weighted by Gasteiger charge is -2.12. The molecular weight excluding hydrogens is 282 g/mol. The predicted molar refractivity (Wildman–Crippen MR) is 86.9 cm³/mol. The molecule has 6 heteroatoms. The molecule has 1 aliphatic heterocycles. The van der Waals surface area contributed by atoms with E-state index in [4.69, 9.17) is 14.2 Å². The first-order chi connectivity index (χ1) is 10.7. The van der Waals surface area contributed by atoms with Crippen molar-refractivity contribution in [2.24, 2.45) is 10.9 Å². The van der Waals surface area contributed by atoms with Crippen molar-refractivity contribution < 1.29 is 14.2 Å².